The predicted molar refractivity (Wildman–Crippen MR) is 62.0 cm³/mol. The Morgan fingerprint density at radius 2 is 1.62 bits per heavy atom. The van der Waals surface area contributed by atoms with Gasteiger partial charge in [-0.05, 0) is 24.6 Å². The van der Waals surface area contributed by atoms with Crippen molar-refractivity contribution >= 4 is 11.3 Å². The molecule has 0 spiro atoms. The zero-order valence-electron chi connectivity index (χ0n) is 9.02. The second-order valence-corrected chi connectivity index (χ2v) is 2.61. The van der Waals surface area contributed by atoms with Gasteiger partial charge in [-0.25, -0.2) is 0 Å². The minimum atomic E-state index is 1.10. The largest absolute Gasteiger partial charge is 0.388 e. The van der Waals surface area contributed by atoms with Crippen molar-refractivity contribution in [3.05, 3.63) is 36.4 Å². The maximum Gasteiger partial charge on any atom is 0.0337 e. The van der Waals surface area contributed by atoms with Gasteiger partial charge in [-0.3, -0.25) is 0 Å². The second-order valence-electron chi connectivity index (χ2n) is 2.61. The monoisotopic (exact) mass is 177 g/mol. The summed E-state index contributed by atoms with van der Waals surface area (Å²) >= 11 is 0. The van der Waals surface area contributed by atoms with Gasteiger partial charge in [-0.2, -0.15) is 0 Å². The Balaban J connectivity index is 0.000000671. The lowest BCUT2D eigenvalue weighted by Gasteiger charge is -2.01. The van der Waals surface area contributed by atoms with Crippen LogP contribution in [0.4, 0.5) is 5.69 Å². The van der Waals surface area contributed by atoms with Crippen LogP contribution in [0.1, 0.15) is 26.3 Å². The molecule has 0 bridgehead atoms. The molecule has 1 nitrogen and oxygen atoms in total. The summed E-state index contributed by atoms with van der Waals surface area (Å²) in [4.78, 5) is 0. The van der Waals surface area contributed by atoms with E-state index in [1.54, 1.807) is 0 Å². The Labute approximate surface area is 81.5 Å². The standard InChI is InChI=1S/C10H13N.C2H6/c1-8(2)9-4-6-10(11-3)7-5-9;1-2/h4-7,11H,1H2,2-3H3;1-2H3. The second kappa shape index (κ2) is 6.30. The summed E-state index contributed by atoms with van der Waals surface area (Å²) in [5.41, 5.74) is 3.44. The maximum atomic E-state index is 3.86. The average molecular weight is 177 g/mol. The lowest BCUT2D eigenvalue weighted by Crippen LogP contribution is -1.87. The van der Waals surface area contributed by atoms with E-state index in [-0.39, 0.29) is 0 Å². The molecule has 1 rings (SSSR count). The van der Waals surface area contributed by atoms with Gasteiger partial charge in [0.2, 0.25) is 0 Å². The Bertz CT molecular complexity index is 246. The molecule has 13 heavy (non-hydrogen) atoms. The van der Waals surface area contributed by atoms with Crippen LogP contribution in [-0.2, 0) is 0 Å². The summed E-state index contributed by atoms with van der Waals surface area (Å²) in [7, 11) is 1.91. The van der Waals surface area contributed by atoms with Crippen LogP contribution < -0.4 is 5.32 Å². The van der Waals surface area contributed by atoms with Crippen molar-refractivity contribution < 1.29 is 0 Å². The van der Waals surface area contributed by atoms with Crippen molar-refractivity contribution in [1.82, 2.24) is 0 Å². The average Bonchev–Trinajstić information content (AvgIpc) is 2.21. The van der Waals surface area contributed by atoms with Crippen LogP contribution in [0.2, 0.25) is 0 Å². The van der Waals surface area contributed by atoms with Crippen LogP contribution >= 0.6 is 0 Å². The van der Waals surface area contributed by atoms with Gasteiger partial charge in [0.1, 0.15) is 0 Å². The number of allylic oxidation sites excluding steroid dienone is 1. The number of anilines is 1. The molecule has 72 valence electrons. The van der Waals surface area contributed by atoms with Crippen LogP contribution in [0.5, 0.6) is 0 Å². The van der Waals surface area contributed by atoms with Crippen molar-refractivity contribution in [2.75, 3.05) is 12.4 Å². The number of rotatable bonds is 2. The molecule has 1 aromatic rings. The van der Waals surface area contributed by atoms with E-state index in [2.05, 4.69) is 24.0 Å². The summed E-state index contributed by atoms with van der Waals surface area (Å²) in [6.07, 6.45) is 0. The highest BCUT2D eigenvalue weighted by molar-refractivity contribution is 5.63. The quantitative estimate of drug-likeness (QED) is 0.724. The van der Waals surface area contributed by atoms with Crippen molar-refractivity contribution in [3.8, 4) is 0 Å². The van der Waals surface area contributed by atoms with E-state index in [0.29, 0.717) is 0 Å². The molecule has 0 saturated carbocycles. The molecule has 0 saturated heterocycles. The van der Waals surface area contributed by atoms with Crippen LogP contribution in [0, 0.1) is 0 Å². The normalized spacial score (nSPS) is 8.31. The van der Waals surface area contributed by atoms with Crippen LogP contribution in [0.3, 0.4) is 0 Å². The van der Waals surface area contributed by atoms with Gasteiger partial charge in [0, 0.05) is 12.7 Å². The topological polar surface area (TPSA) is 12.0 Å². The zero-order valence-corrected chi connectivity index (χ0v) is 9.02. The molecule has 0 aliphatic rings. The number of benzene rings is 1. The van der Waals surface area contributed by atoms with Crippen LogP contribution in [0.25, 0.3) is 5.57 Å². The molecular formula is C12H19N. The first-order chi connectivity index (χ1) is 6.24. The third-order valence-corrected chi connectivity index (χ3v) is 1.67. The summed E-state index contributed by atoms with van der Waals surface area (Å²) < 4.78 is 0. The highest BCUT2D eigenvalue weighted by Gasteiger charge is 1.91. The van der Waals surface area contributed by atoms with Crippen molar-refractivity contribution in [3.63, 3.8) is 0 Å². The lowest BCUT2D eigenvalue weighted by atomic mass is 10.1. The molecule has 0 unspecified atom stereocenters. The van der Waals surface area contributed by atoms with Gasteiger partial charge in [0.05, 0.1) is 0 Å². The Hall–Kier alpha value is -1.24. The molecular weight excluding hydrogens is 158 g/mol. The van der Waals surface area contributed by atoms with Gasteiger partial charge in [0.15, 0.2) is 0 Å². The highest BCUT2D eigenvalue weighted by Crippen LogP contribution is 2.14. The smallest absolute Gasteiger partial charge is 0.0337 e. The summed E-state index contributed by atoms with van der Waals surface area (Å²) in [6, 6.07) is 8.22. The Morgan fingerprint density at radius 3 is 1.92 bits per heavy atom. The lowest BCUT2D eigenvalue weighted by molar-refractivity contribution is 1.49. The first-order valence-electron chi connectivity index (χ1n) is 4.67. The molecule has 1 N–H and O–H groups in total. The molecule has 1 heteroatoms. The van der Waals surface area contributed by atoms with Gasteiger partial charge in [0.25, 0.3) is 0 Å². The number of hydrogen-bond acceptors (Lipinski definition) is 1. The SMILES string of the molecule is C=C(C)c1ccc(NC)cc1.CC. The molecule has 0 atom stereocenters. The van der Waals surface area contributed by atoms with Crippen molar-refractivity contribution in [1.29, 1.82) is 0 Å². The third-order valence-electron chi connectivity index (χ3n) is 1.67. The van der Waals surface area contributed by atoms with Crippen molar-refractivity contribution in [2.45, 2.75) is 20.8 Å². The summed E-state index contributed by atoms with van der Waals surface area (Å²) in [6.45, 7) is 9.87. The first kappa shape index (κ1) is 11.8. The van der Waals surface area contributed by atoms with Gasteiger partial charge >= 0.3 is 0 Å². The minimum Gasteiger partial charge on any atom is -0.388 e. The van der Waals surface area contributed by atoms with E-state index in [4.69, 9.17) is 0 Å². The zero-order chi connectivity index (χ0) is 10.3. The molecule has 0 aliphatic carbocycles. The van der Waals surface area contributed by atoms with E-state index < -0.39 is 0 Å². The molecule has 0 fully saturated rings. The van der Waals surface area contributed by atoms with Gasteiger partial charge in [-0.1, -0.05) is 38.1 Å². The van der Waals surface area contributed by atoms with Crippen LogP contribution in [0.15, 0.2) is 30.8 Å². The maximum absolute atomic E-state index is 3.86. The van der Waals surface area contributed by atoms with E-state index in [1.165, 1.54) is 5.56 Å². The fraction of sp³-hybridized carbons (Fsp3) is 0.333. The van der Waals surface area contributed by atoms with Gasteiger partial charge < -0.3 is 5.32 Å². The van der Waals surface area contributed by atoms with E-state index in [0.717, 1.165) is 11.3 Å². The summed E-state index contributed by atoms with van der Waals surface area (Å²) in [5.74, 6) is 0. The molecule has 0 aromatic heterocycles. The number of nitrogens with one attached hydrogen (secondary N) is 1. The summed E-state index contributed by atoms with van der Waals surface area (Å²) in [5, 5.41) is 3.06. The first-order valence-corrected chi connectivity index (χ1v) is 4.67. The fourth-order valence-electron chi connectivity index (χ4n) is 0.921. The van der Waals surface area contributed by atoms with E-state index in [1.807, 2.05) is 40.0 Å². The molecule has 0 aliphatic heterocycles. The molecule has 0 radical (unpaired) electrons. The predicted octanol–water partition coefficient (Wildman–Crippen LogP) is 3.79. The van der Waals surface area contributed by atoms with Crippen LogP contribution in [-0.4, -0.2) is 7.05 Å². The fourth-order valence-corrected chi connectivity index (χ4v) is 0.921. The molecule has 0 amide bonds. The third kappa shape index (κ3) is 3.79. The minimum absolute atomic E-state index is 1.10. The highest BCUT2D eigenvalue weighted by atomic mass is 14.8. The van der Waals surface area contributed by atoms with Crippen molar-refractivity contribution in [2.24, 2.45) is 0 Å². The Kier molecular flexibility index (Phi) is 5.69. The van der Waals surface area contributed by atoms with Gasteiger partial charge in [-0.15, -0.1) is 0 Å². The molecule has 0 heterocycles. The number of hydrogen-bond donors (Lipinski definition) is 1. The van der Waals surface area contributed by atoms with E-state index in [9.17, 15) is 0 Å². The van der Waals surface area contributed by atoms with E-state index >= 15 is 0 Å². The Morgan fingerprint density at radius 1 is 1.15 bits per heavy atom. The molecule has 1 aromatic carbocycles.